The standard InChI is InChI=1S/C25H25ClF2N6O2/c1-14-8-17(27)3-5-21(14)31-24-30-10-16-6-7-34(13-23(16)32-24)36-25(35)33-22-12-29-11-18(22)15-2-4-19(26)20(28)9-15/h2-5,8-10,18,22,29H,6-7,11-13H2,1H3,(H,33,35)(H,30,31,32)/t18-,22+/m0/s1. The summed E-state index contributed by atoms with van der Waals surface area (Å²) in [6, 6.07) is 8.87. The summed E-state index contributed by atoms with van der Waals surface area (Å²) in [6.07, 6.45) is 1.79. The van der Waals surface area contributed by atoms with Crippen LogP contribution >= 0.6 is 11.6 Å². The van der Waals surface area contributed by atoms with Crippen LogP contribution in [0.2, 0.25) is 5.02 Å². The van der Waals surface area contributed by atoms with Gasteiger partial charge in [-0.2, -0.15) is 0 Å². The van der Waals surface area contributed by atoms with Gasteiger partial charge >= 0.3 is 6.09 Å². The number of hydroxylamine groups is 2. The van der Waals surface area contributed by atoms with Crippen molar-refractivity contribution in [1.29, 1.82) is 0 Å². The number of amides is 1. The van der Waals surface area contributed by atoms with Crippen molar-refractivity contribution in [3.63, 3.8) is 0 Å². The molecule has 1 saturated heterocycles. The van der Waals surface area contributed by atoms with Gasteiger partial charge in [0.1, 0.15) is 11.6 Å². The normalized spacial score (nSPS) is 19.6. The number of carbonyl (C=O) groups is 1. The number of aromatic nitrogens is 2. The van der Waals surface area contributed by atoms with Crippen LogP contribution in [0.3, 0.4) is 0 Å². The maximum atomic E-state index is 13.9. The van der Waals surface area contributed by atoms with Crippen LogP contribution in [0.15, 0.2) is 42.6 Å². The topological polar surface area (TPSA) is 91.4 Å². The van der Waals surface area contributed by atoms with E-state index in [2.05, 4.69) is 25.9 Å². The lowest BCUT2D eigenvalue weighted by atomic mass is 9.94. The molecule has 2 aromatic carbocycles. The molecule has 2 aliphatic heterocycles. The highest BCUT2D eigenvalue weighted by atomic mass is 35.5. The van der Waals surface area contributed by atoms with Crippen molar-refractivity contribution < 1.29 is 18.4 Å². The Balaban J connectivity index is 1.20. The summed E-state index contributed by atoms with van der Waals surface area (Å²) in [5.41, 5.74) is 3.91. The van der Waals surface area contributed by atoms with Gasteiger partial charge in [-0.3, -0.25) is 0 Å². The van der Waals surface area contributed by atoms with Gasteiger partial charge in [-0.25, -0.2) is 23.5 Å². The molecule has 8 nitrogen and oxygen atoms in total. The van der Waals surface area contributed by atoms with E-state index in [1.54, 1.807) is 30.3 Å². The minimum absolute atomic E-state index is 0.0639. The molecule has 36 heavy (non-hydrogen) atoms. The number of aryl methyl sites for hydroxylation is 1. The van der Waals surface area contributed by atoms with Gasteiger partial charge in [-0.05, 0) is 60.4 Å². The van der Waals surface area contributed by atoms with E-state index in [0.29, 0.717) is 44.2 Å². The number of hydrogen-bond donors (Lipinski definition) is 3. The van der Waals surface area contributed by atoms with Crippen molar-refractivity contribution in [2.45, 2.75) is 31.8 Å². The quantitative estimate of drug-likeness (QED) is 0.469. The zero-order chi connectivity index (χ0) is 25.2. The molecule has 3 aromatic rings. The molecule has 2 atom stereocenters. The molecule has 5 rings (SSSR count). The predicted molar refractivity (Wildman–Crippen MR) is 131 cm³/mol. The smallest absolute Gasteiger partial charge is 0.351 e. The predicted octanol–water partition coefficient (Wildman–Crippen LogP) is 4.22. The first-order chi connectivity index (χ1) is 17.4. The number of rotatable bonds is 5. The summed E-state index contributed by atoms with van der Waals surface area (Å²) in [5, 5.41) is 10.8. The number of halogens is 3. The highest BCUT2D eigenvalue weighted by Gasteiger charge is 2.31. The molecule has 0 unspecified atom stereocenters. The van der Waals surface area contributed by atoms with Crippen molar-refractivity contribution in [3.8, 4) is 0 Å². The molecular weight excluding hydrogens is 490 g/mol. The number of nitrogens with one attached hydrogen (secondary N) is 3. The van der Waals surface area contributed by atoms with Crippen molar-refractivity contribution >= 4 is 29.3 Å². The fourth-order valence-corrected chi connectivity index (χ4v) is 4.64. The highest BCUT2D eigenvalue weighted by molar-refractivity contribution is 6.30. The summed E-state index contributed by atoms with van der Waals surface area (Å²) in [7, 11) is 0. The van der Waals surface area contributed by atoms with Gasteiger partial charge in [0.2, 0.25) is 5.95 Å². The number of fused-ring (bicyclic) bond motifs is 1. The van der Waals surface area contributed by atoms with Crippen LogP contribution < -0.4 is 16.0 Å². The van der Waals surface area contributed by atoms with E-state index in [0.717, 1.165) is 22.4 Å². The van der Waals surface area contributed by atoms with Crippen LogP contribution in [-0.2, 0) is 17.8 Å². The maximum Gasteiger partial charge on any atom is 0.426 e. The number of nitrogens with zero attached hydrogens (tertiary/aromatic N) is 3. The second-order valence-corrected chi connectivity index (χ2v) is 9.34. The number of benzene rings is 2. The van der Waals surface area contributed by atoms with Crippen molar-refractivity contribution in [2.24, 2.45) is 0 Å². The van der Waals surface area contributed by atoms with Gasteiger partial charge in [0, 0.05) is 37.4 Å². The Morgan fingerprint density at radius 3 is 2.89 bits per heavy atom. The van der Waals surface area contributed by atoms with Crippen molar-refractivity contribution in [2.75, 3.05) is 25.0 Å². The third-order valence-electron chi connectivity index (χ3n) is 6.45. The highest BCUT2D eigenvalue weighted by Crippen LogP contribution is 2.27. The second kappa shape index (κ2) is 10.3. The summed E-state index contributed by atoms with van der Waals surface area (Å²) in [4.78, 5) is 27.2. The first-order valence-electron chi connectivity index (χ1n) is 11.6. The molecule has 1 fully saturated rings. The molecule has 188 valence electrons. The molecule has 0 saturated carbocycles. The molecule has 0 spiro atoms. The lowest BCUT2D eigenvalue weighted by Crippen LogP contribution is -2.44. The Hall–Kier alpha value is -3.34. The monoisotopic (exact) mass is 514 g/mol. The summed E-state index contributed by atoms with van der Waals surface area (Å²) in [5.74, 6) is -0.525. The number of carbonyl (C=O) groups excluding carboxylic acids is 1. The van der Waals surface area contributed by atoms with Crippen LogP contribution in [0.25, 0.3) is 0 Å². The Kier molecular flexibility index (Phi) is 6.99. The molecule has 0 radical (unpaired) electrons. The lowest BCUT2D eigenvalue weighted by molar-refractivity contribution is -0.112. The summed E-state index contributed by atoms with van der Waals surface area (Å²) in [6.45, 7) is 3.74. The zero-order valence-electron chi connectivity index (χ0n) is 19.5. The fourth-order valence-electron chi connectivity index (χ4n) is 4.52. The molecule has 1 aromatic heterocycles. The summed E-state index contributed by atoms with van der Waals surface area (Å²) < 4.78 is 27.3. The van der Waals surface area contributed by atoms with Crippen molar-refractivity contribution in [3.05, 3.63) is 81.6 Å². The van der Waals surface area contributed by atoms with Gasteiger partial charge in [-0.15, -0.1) is 5.06 Å². The van der Waals surface area contributed by atoms with E-state index in [1.165, 1.54) is 24.3 Å². The van der Waals surface area contributed by atoms with Gasteiger partial charge < -0.3 is 20.8 Å². The molecule has 0 aliphatic carbocycles. The molecule has 3 heterocycles. The van der Waals surface area contributed by atoms with Gasteiger partial charge in [0.05, 0.1) is 23.3 Å². The van der Waals surface area contributed by atoms with E-state index in [9.17, 15) is 13.6 Å². The van der Waals surface area contributed by atoms with Gasteiger partial charge in [0.15, 0.2) is 0 Å². The van der Waals surface area contributed by atoms with E-state index < -0.39 is 11.9 Å². The van der Waals surface area contributed by atoms with E-state index >= 15 is 0 Å². The van der Waals surface area contributed by atoms with E-state index in [1.807, 2.05) is 0 Å². The molecular formula is C25H25ClF2N6O2. The number of hydrogen-bond acceptors (Lipinski definition) is 7. The summed E-state index contributed by atoms with van der Waals surface area (Å²) >= 11 is 5.80. The molecule has 11 heteroatoms. The van der Waals surface area contributed by atoms with Gasteiger partial charge in [-0.1, -0.05) is 17.7 Å². The first kappa shape index (κ1) is 24.4. The third kappa shape index (κ3) is 5.40. The van der Waals surface area contributed by atoms with Crippen LogP contribution in [-0.4, -0.2) is 46.8 Å². The van der Waals surface area contributed by atoms with Crippen molar-refractivity contribution in [1.82, 2.24) is 25.7 Å². The zero-order valence-corrected chi connectivity index (χ0v) is 20.3. The second-order valence-electron chi connectivity index (χ2n) is 8.93. The molecule has 1 amide bonds. The molecule has 0 bridgehead atoms. The van der Waals surface area contributed by atoms with E-state index in [4.69, 9.17) is 16.4 Å². The molecule has 2 aliphatic rings. The first-order valence-corrected chi connectivity index (χ1v) is 12.0. The SMILES string of the molecule is Cc1cc(F)ccc1Nc1ncc2c(n1)CN(OC(=O)N[C@@H]1CNC[C@H]1c1ccc(Cl)c(F)c1)CC2. The molecule has 3 N–H and O–H groups in total. The average Bonchev–Trinajstić information content (AvgIpc) is 3.30. The minimum atomic E-state index is -0.582. The van der Waals surface area contributed by atoms with Crippen LogP contribution in [0, 0.1) is 18.6 Å². The van der Waals surface area contributed by atoms with Crippen LogP contribution in [0.5, 0.6) is 0 Å². The Bertz CT molecular complexity index is 1290. The van der Waals surface area contributed by atoms with E-state index in [-0.39, 0.29) is 22.8 Å². The fraction of sp³-hybridized carbons (Fsp3) is 0.320. The average molecular weight is 515 g/mol. The Morgan fingerprint density at radius 1 is 1.22 bits per heavy atom. The van der Waals surface area contributed by atoms with Crippen LogP contribution in [0.4, 0.5) is 25.2 Å². The maximum absolute atomic E-state index is 13.9. The minimum Gasteiger partial charge on any atom is -0.351 e. The van der Waals surface area contributed by atoms with Gasteiger partial charge in [0.25, 0.3) is 0 Å². The largest absolute Gasteiger partial charge is 0.426 e. The Labute approximate surface area is 212 Å². The Morgan fingerprint density at radius 2 is 2.08 bits per heavy atom. The number of anilines is 2. The lowest BCUT2D eigenvalue weighted by Gasteiger charge is -2.28. The van der Waals surface area contributed by atoms with Crippen LogP contribution in [0.1, 0.15) is 28.3 Å². The third-order valence-corrected chi connectivity index (χ3v) is 6.75.